The molecule has 0 radical (unpaired) electrons. The number of hydrogen-bond donors (Lipinski definition) is 1. The number of nitrogens with zero attached hydrogens (tertiary/aromatic N) is 2. The molecule has 1 unspecified atom stereocenters. The summed E-state index contributed by atoms with van der Waals surface area (Å²) in [5.41, 5.74) is 0.305. The first-order chi connectivity index (χ1) is 9.50. The molecule has 1 atom stereocenters. The lowest BCUT2D eigenvalue weighted by Crippen LogP contribution is -2.25. The number of likely N-dealkylation sites (N-methyl/N-ethyl adjacent to an activating group) is 1. The molecule has 6 heteroatoms. The van der Waals surface area contributed by atoms with Crippen molar-refractivity contribution in [3.63, 3.8) is 0 Å². The summed E-state index contributed by atoms with van der Waals surface area (Å²) < 4.78 is 38.9. The molecule has 0 saturated heterocycles. The topological polar surface area (TPSA) is 29.9 Å². The summed E-state index contributed by atoms with van der Waals surface area (Å²) in [7, 11) is 0. The summed E-state index contributed by atoms with van der Waals surface area (Å²) in [5, 5.41) is 7.04. The highest BCUT2D eigenvalue weighted by Gasteiger charge is 2.32. The predicted octanol–water partition coefficient (Wildman–Crippen LogP) is 3.25. The summed E-state index contributed by atoms with van der Waals surface area (Å²) in [5.74, 6) is 0. The third-order valence-electron chi connectivity index (χ3n) is 2.98. The van der Waals surface area contributed by atoms with Crippen molar-refractivity contribution in [2.45, 2.75) is 25.7 Å². The molecule has 0 bridgehead atoms. The number of alkyl halides is 3. The molecular weight excluding hydrogens is 267 g/mol. The third kappa shape index (κ3) is 3.60. The molecule has 20 heavy (non-hydrogen) atoms. The maximum Gasteiger partial charge on any atom is 0.419 e. The fourth-order valence-corrected chi connectivity index (χ4v) is 2.02. The fourth-order valence-electron chi connectivity index (χ4n) is 2.02. The number of benzene rings is 1. The Bertz CT molecular complexity index is 534. The highest BCUT2D eigenvalue weighted by Crippen LogP contribution is 2.28. The fraction of sp³-hybridized carbons (Fsp3) is 0.357. The molecule has 0 aliphatic carbocycles. The number of rotatable bonds is 5. The minimum atomic E-state index is -4.35. The Labute approximate surface area is 115 Å². The highest BCUT2D eigenvalue weighted by atomic mass is 19.4. The van der Waals surface area contributed by atoms with Crippen molar-refractivity contribution in [1.82, 2.24) is 15.1 Å². The molecule has 0 amide bonds. The molecule has 2 rings (SSSR count). The van der Waals surface area contributed by atoms with Crippen LogP contribution in [0.5, 0.6) is 0 Å². The maximum absolute atomic E-state index is 12.5. The Kier molecular flexibility index (Phi) is 4.44. The van der Waals surface area contributed by atoms with E-state index in [0.717, 1.165) is 24.5 Å². The highest BCUT2D eigenvalue weighted by molar-refractivity contribution is 5.19. The second-order valence-electron chi connectivity index (χ2n) is 4.47. The van der Waals surface area contributed by atoms with Crippen molar-refractivity contribution in [3.8, 4) is 0 Å². The summed E-state index contributed by atoms with van der Waals surface area (Å²) in [6.45, 7) is 3.04. The predicted molar refractivity (Wildman–Crippen MR) is 70.1 cm³/mol. The van der Waals surface area contributed by atoms with Gasteiger partial charge in [-0.2, -0.15) is 18.3 Å². The second kappa shape index (κ2) is 6.09. The second-order valence-corrected chi connectivity index (χ2v) is 4.47. The van der Waals surface area contributed by atoms with Gasteiger partial charge in [0.25, 0.3) is 0 Å². The van der Waals surface area contributed by atoms with E-state index >= 15 is 0 Å². The smallest absolute Gasteiger partial charge is 0.309 e. The first-order valence-electron chi connectivity index (χ1n) is 6.38. The molecule has 1 N–H and O–H groups in total. The van der Waals surface area contributed by atoms with Gasteiger partial charge in [-0.15, -0.1) is 0 Å². The van der Waals surface area contributed by atoms with E-state index in [4.69, 9.17) is 0 Å². The molecule has 0 aliphatic heterocycles. The lowest BCUT2D eigenvalue weighted by molar-refractivity contribution is -0.137. The number of halogens is 3. The molecule has 108 valence electrons. The first-order valence-corrected chi connectivity index (χ1v) is 6.38. The molecule has 2 aromatic rings. The Hall–Kier alpha value is -1.82. The van der Waals surface area contributed by atoms with Gasteiger partial charge >= 0.3 is 6.18 Å². The minimum Gasteiger partial charge on any atom is -0.309 e. The lowest BCUT2D eigenvalue weighted by Gasteiger charge is -2.18. The molecule has 0 spiro atoms. The van der Waals surface area contributed by atoms with E-state index in [1.807, 2.05) is 37.3 Å². The molecule has 1 heterocycles. The maximum atomic E-state index is 12.5. The van der Waals surface area contributed by atoms with E-state index in [-0.39, 0.29) is 6.04 Å². The normalized spacial score (nSPS) is 13.4. The van der Waals surface area contributed by atoms with Crippen molar-refractivity contribution in [3.05, 3.63) is 53.9 Å². The Morgan fingerprint density at radius 3 is 2.50 bits per heavy atom. The van der Waals surface area contributed by atoms with Gasteiger partial charge in [0, 0.05) is 6.20 Å². The number of nitrogens with one attached hydrogen (secondary N) is 1. The van der Waals surface area contributed by atoms with Gasteiger partial charge in [0.05, 0.1) is 24.3 Å². The third-order valence-corrected chi connectivity index (χ3v) is 2.98. The van der Waals surface area contributed by atoms with Crippen LogP contribution in [0.2, 0.25) is 0 Å². The van der Waals surface area contributed by atoms with Crippen LogP contribution >= 0.6 is 0 Å². The van der Waals surface area contributed by atoms with Gasteiger partial charge in [-0.25, -0.2) is 0 Å². The van der Waals surface area contributed by atoms with Crippen LogP contribution in [-0.4, -0.2) is 16.3 Å². The SMILES string of the molecule is CCNC(Cn1cc(C(F)(F)F)cn1)c1ccccc1. The van der Waals surface area contributed by atoms with Crippen LogP contribution in [0, 0.1) is 0 Å². The Balaban J connectivity index is 2.15. The molecule has 0 fully saturated rings. The van der Waals surface area contributed by atoms with E-state index in [2.05, 4.69) is 10.4 Å². The van der Waals surface area contributed by atoms with Crippen LogP contribution in [0.1, 0.15) is 24.1 Å². The van der Waals surface area contributed by atoms with E-state index in [0.29, 0.717) is 6.54 Å². The monoisotopic (exact) mass is 283 g/mol. The van der Waals surface area contributed by atoms with Crippen LogP contribution in [0.15, 0.2) is 42.7 Å². The zero-order valence-electron chi connectivity index (χ0n) is 11.1. The Morgan fingerprint density at radius 2 is 1.95 bits per heavy atom. The molecule has 0 saturated carbocycles. The van der Waals surface area contributed by atoms with E-state index < -0.39 is 11.7 Å². The largest absolute Gasteiger partial charge is 0.419 e. The average Bonchev–Trinajstić information content (AvgIpc) is 2.88. The summed E-state index contributed by atoms with van der Waals surface area (Å²) in [6, 6.07) is 9.54. The lowest BCUT2D eigenvalue weighted by atomic mass is 10.1. The number of aromatic nitrogens is 2. The molecule has 0 aliphatic rings. The van der Waals surface area contributed by atoms with Crippen molar-refractivity contribution in [1.29, 1.82) is 0 Å². The van der Waals surface area contributed by atoms with Crippen LogP contribution < -0.4 is 5.32 Å². The standard InChI is InChI=1S/C14H16F3N3/c1-2-18-13(11-6-4-3-5-7-11)10-20-9-12(8-19-20)14(15,16)17/h3-9,13,18H,2,10H2,1H3. The molecule has 1 aromatic carbocycles. The van der Waals surface area contributed by atoms with Gasteiger partial charge in [-0.05, 0) is 12.1 Å². The van der Waals surface area contributed by atoms with E-state index in [9.17, 15) is 13.2 Å². The molecule has 1 aromatic heterocycles. The summed E-state index contributed by atoms with van der Waals surface area (Å²) in [6.07, 6.45) is -2.46. The van der Waals surface area contributed by atoms with Crippen molar-refractivity contribution in [2.75, 3.05) is 6.54 Å². The van der Waals surface area contributed by atoms with Gasteiger partial charge in [0.2, 0.25) is 0 Å². The van der Waals surface area contributed by atoms with Crippen molar-refractivity contribution in [2.24, 2.45) is 0 Å². The van der Waals surface area contributed by atoms with Crippen LogP contribution in [0.3, 0.4) is 0 Å². The first kappa shape index (κ1) is 14.6. The zero-order valence-corrected chi connectivity index (χ0v) is 11.1. The summed E-state index contributed by atoms with van der Waals surface area (Å²) in [4.78, 5) is 0. The minimum absolute atomic E-state index is 0.0674. The van der Waals surface area contributed by atoms with Crippen molar-refractivity contribution < 1.29 is 13.2 Å². The van der Waals surface area contributed by atoms with Crippen molar-refractivity contribution >= 4 is 0 Å². The van der Waals surface area contributed by atoms with Crippen LogP contribution in [0.25, 0.3) is 0 Å². The van der Waals surface area contributed by atoms with Gasteiger partial charge in [-0.1, -0.05) is 37.3 Å². The van der Waals surface area contributed by atoms with Crippen LogP contribution in [0.4, 0.5) is 13.2 Å². The Morgan fingerprint density at radius 1 is 1.25 bits per heavy atom. The molecule has 3 nitrogen and oxygen atoms in total. The van der Waals surface area contributed by atoms with Gasteiger partial charge in [0.15, 0.2) is 0 Å². The van der Waals surface area contributed by atoms with E-state index in [1.165, 1.54) is 4.68 Å². The average molecular weight is 283 g/mol. The quantitative estimate of drug-likeness (QED) is 0.913. The van der Waals surface area contributed by atoms with Crippen LogP contribution in [-0.2, 0) is 12.7 Å². The number of hydrogen-bond acceptors (Lipinski definition) is 2. The van der Waals surface area contributed by atoms with E-state index in [1.54, 1.807) is 0 Å². The molecular formula is C14H16F3N3. The van der Waals surface area contributed by atoms with Gasteiger partial charge < -0.3 is 5.32 Å². The van der Waals surface area contributed by atoms with Gasteiger partial charge in [0.1, 0.15) is 0 Å². The van der Waals surface area contributed by atoms with Gasteiger partial charge in [-0.3, -0.25) is 4.68 Å². The summed E-state index contributed by atoms with van der Waals surface area (Å²) >= 11 is 0. The zero-order chi connectivity index (χ0) is 14.6.